The first-order valence-electron chi connectivity index (χ1n) is 11.3. The lowest BCUT2D eigenvalue weighted by atomic mass is 10.1. The summed E-state index contributed by atoms with van der Waals surface area (Å²) in [5, 5.41) is 3.75. The number of morpholine rings is 1. The van der Waals surface area contributed by atoms with Crippen LogP contribution in [0.15, 0.2) is 59.4 Å². The molecule has 9 heteroatoms. The monoisotopic (exact) mass is 475 g/mol. The second kappa shape index (κ2) is 9.74. The van der Waals surface area contributed by atoms with Gasteiger partial charge in [-0.1, -0.05) is 66.8 Å². The molecule has 1 aliphatic heterocycles. The van der Waals surface area contributed by atoms with E-state index >= 15 is 0 Å². The Kier molecular flexibility index (Phi) is 6.37. The number of nitrogens with one attached hydrogen (secondary N) is 1. The summed E-state index contributed by atoms with van der Waals surface area (Å²) >= 11 is 1.41. The van der Waals surface area contributed by atoms with E-state index in [2.05, 4.69) is 15.2 Å². The van der Waals surface area contributed by atoms with Crippen LogP contribution in [0.3, 0.4) is 0 Å². The molecule has 1 saturated heterocycles. The van der Waals surface area contributed by atoms with Crippen LogP contribution in [-0.4, -0.2) is 46.7 Å². The van der Waals surface area contributed by atoms with E-state index in [0.717, 1.165) is 41.5 Å². The third-order valence-electron chi connectivity index (χ3n) is 5.81. The normalized spacial score (nSPS) is 13.9. The van der Waals surface area contributed by atoms with Crippen LogP contribution in [0.1, 0.15) is 12.5 Å². The highest BCUT2D eigenvalue weighted by Gasteiger charge is 2.22. The van der Waals surface area contributed by atoms with Crippen LogP contribution < -0.4 is 15.9 Å². The van der Waals surface area contributed by atoms with Crippen molar-refractivity contribution >= 4 is 38.4 Å². The third-order valence-corrected chi connectivity index (χ3v) is 6.95. The van der Waals surface area contributed by atoms with Gasteiger partial charge in [0, 0.05) is 24.3 Å². The molecule has 2 aromatic heterocycles. The molecule has 0 saturated carbocycles. The molecule has 8 nitrogen and oxygen atoms in total. The Balaban J connectivity index is 1.56. The highest BCUT2D eigenvalue weighted by molar-refractivity contribution is 7.22. The van der Waals surface area contributed by atoms with Crippen molar-refractivity contribution in [1.82, 2.24) is 14.5 Å². The molecule has 174 valence electrons. The number of aryl methyl sites for hydroxylation is 1. The number of para-hydroxylation sites is 1. The molecule has 1 fully saturated rings. The molecule has 0 radical (unpaired) electrons. The number of nitrogens with zero attached hydrogens (tertiary/aromatic N) is 4. The fourth-order valence-electron chi connectivity index (χ4n) is 4.04. The summed E-state index contributed by atoms with van der Waals surface area (Å²) in [6, 6.07) is 17.2. The molecule has 0 aliphatic carbocycles. The number of benzene rings is 2. The summed E-state index contributed by atoms with van der Waals surface area (Å²) in [7, 11) is 0. The summed E-state index contributed by atoms with van der Waals surface area (Å²) in [6.07, 6.45) is 0.797. The third kappa shape index (κ3) is 4.44. The van der Waals surface area contributed by atoms with Crippen molar-refractivity contribution in [1.29, 1.82) is 0 Å². The van der Waals surface area contributed by atoms with E-state index in [4.69, 9.17) is 9.72 Å². The van der Waals surface area contributed by atoms with E-state index in [1.165, 1.54) is 15.9 Å². The highest BCUT2D eigenvalue weighted by Crippen LogP contribution is 2.33. The fourth-order valence-corrected chi connectivity index (χ4v) is 5.16. The number of rotatable bonds is 6. The highest BCUT2D eigenvalue weighted by atomic mass is 32.1. The first kappa shape index (κ1) is 22.2. The van der Waals surface area contributed by atoms with Crippen LogP contribution in [0, 0.1) is 0 Å². The van der Waals surface area contributed by atoms with Crippen molar-refractivity contribution in [3.05, 3.63) is 70.6 Å². The minimum atomic E-state index is -0.470. The second-order valence-corrected chi connectivity index (χ2v) is 8.96. The van der Waals surface area contributed by atoms with Crippen molar-refractivity contribution in [2.75, 3.05) is 36.5 Å². The number of anilines is 2. The van der Waals surface area contributed by atoms with Gasteiger partial charge in [0.2, 0.25) is 5.91 Å². The molecule has 1 N–H and O–H groups in total. The predicted octanol–water partition coefficient (Wildman–Crippen LogP) is 3.56. The topological polar surface area (TPSA) is 89.3 Å². The molecule has 0 atom stereocenters. The number of carbonyl (C=O) groups excluding carboxylic acids is 1. The zero-order valence-electron chi connectivity index (χ0n) is 18.9. The average molecular weight is 476 g/mol. The van der Waals surface area contributed by atoms with Crippen LogP contribution in [0.2, 0.25) is 0 Å². The van der Waals surface area contributed by atoms with Gasteiger partial charge in [0.15, 0.2) is 5.13 Å². The van der Waals surface area contributed by atoms with Crippen LogP contribution >= 0.6 is 11.3 Å². The Hall–Kier alpha value is -3.56. The number of amides is 1. The molecule has 4 aromatic rings. The molecule has 5 rings (SSSR count). The first-order valence-corrected chi connectivity index (χ1v) is 12.1. The van der Waals surface area contributed by atoms with Crippen molar-refractivity contribution < 1.29 is 9.53 Å². The molecule has 1 amide bonds. The van der Waals surface area contributed by atoms with Gasteiger partial charge in [-0.15, -0.1) is 0 Å². The van der Waals surface area contributed by atoms with Crippen molar-refractivity contribution in [2.45, 2.75) is 19.9 Å². The molecular weight excluding hydrogens is 450 g/mol. The van der Waals surface area contributed by atoms with E-state index in [1.807, 2.05) is 61.5 Å². The Bertz CT molecular complexity index is 1380. The number of hydrogen-bond acceptors (Lipinski definition) is 7. The summed E-state index contributed by atoms with van der Waals surface area (Å²) in [5.41, 5.74) is 3.30. The van der Waals surface area contributed by atoms with Gasteiger partial charge in [-0.25, -0.2) is 9.78 Å². The van der Waals surface area contributed by atoms with Gasteiger partial charge in [0.1, 0.15) is 22.6 Å². The SMILES string of the molecule is CCc1ccccc1NC(=O)Cn1c(=O)nc(-c2ccccc2)c2nc(N3CCOCC3)sc21. The van der Waals surface area contributed by atoms with Gasteiger partial charge in [-0.05, 0) is 18.1 Å². The van der Waals surface area contributed by atoms with Gasteiger partial charge in [-0.2, -0.15) is 4.98 Å². The summed E-state index contributed by atoms with van der Waals surface area (Å²) in [6.45, 7) is 4.62. The lowest BCUT2D eigenvalue weighted by Crippen LogP contribution is -2.36. The standard InChI is InChI=1S/C25H25N5O3S/c1-2-17-8-6-7-11-19(17)26-20(31)16-30-23-22(28-25(34-23)29-12-14-33-15-13-29)21(27-24(30)32)18-9-4-3-5-10-18/h3-11H,2,12-16H2,1H3,(H,26,31). The van der Waals surface area contributed by atoms with Gasteiger partial charge in [0.05, 0.1) is 13.2 Å². The quantitative estimate of drug-likeness (QED) is 0.459. The Morgan fingerprint density at radius 2 is 1.79 bits per heavy atom. The molecule has 3 heterocycles. The lowest BCUT2D eigenvalue weighted by molar-refractivity contribution is -0.116. The van der Waals surface area contributed by atoms with E-state index in [9.17, 15) is 9.59 Å². The zero-order chi connectivity index (χ0) is 23.5. The van der Waals surface area contributed by atoms with E-state index in [0.29, 0.717) is 29.3 Å². The summed E-state index contributed by atoms with van der Waals surface area (Å²) in [4.78, 5) is 38.1. The number of aromatic nitrogens is 3. The number of carbonyl (C=O) groups is 1. The number of thiazole rings is 1. The maximum atomic E-state index is 13.1. The minimum absolute atomic E-state index is 0.139. The Morgan fingerprint density at radius 1 is 1.06 bits per heavy atom. The average Bonchev–Trinajstić information content (AvgIpc) is 3.32. The molecular formula is C25H25N5O3S. The number of ether oxygens (including phenoxy) is 1. The molecule has 0 unspecified atom stereocenters. The smallest absolute Gasteiger partial charge is 0.349 e. The lowest BCUT2D eigenvalue weighted by Gasteiger charge is -2.25. The fraction of sp³-hybridized carbons (Fsp3) is 0.280. The largest absolute Gasteiger partial charge is 0.378 e. The van der Waals surface area contributed by atoms with Gasteiger partial charge in [-0.3, -0.25) is 9.36 Å². The molecule has 1 aliphatic rings. The second-order valence-electron chi connectivity index (χ2n) is 8.00. The van der Waals surface area contributed by atoms with Crippen LogP contribution in [0.25, 0.3) is 21.6 Å². The predicted molar refractivity (Wildman–Crippen MR) is 135 cm³/mol. The van der Waals surface area contributed by atoms with Crippen molar-refractivity contribution in [3.63, 3.8) is 0 Å². The van der Waals surface area contributed by atoms with Crippen molar-refractivity contribution in [3.8, 4) is 11.3 Å². The summed E-state index contributed by atoms with van der Waals surface area (Å²) < 4.78 is 6.90. The maximum absolute atomic E-state index is 13.1. The number of fused-ring (bicyclic) bond motifs is 1. The number of hydrogen-bond donors (Lipinski definition) is 1. The van der Waals surface area contributed by atoms with Crippen LogP contribution in [0.4, 0.5) is 10.8 Å². The zero-order valence-corrected chi connectivity index (χ0v) is 19.7. The molecule has 34 heavy (non-hydrogen) atoms. The minimum Gasteiger partial charge on any atom is -0.378 e. The molecule has 0 spiro atoms. The van der Waals surface area contributed by atoms with Crippen LogP contribution in [0.5, 0.6) is 0 Å². The van der Waals surface area contributed by atoms with Crippen LogP contribution in [-0.2, 0) is 22.5 Å². The first-order chi connectivity index (χ1) is 16.6. The van der Waals surface area contributed by atoms with E-state index < -0.39 is 5.69 Å². The molecule has 2 aromatic carbocycles. The van der Waals surface area contributed by atoms with E-state index in [1.54, 1.807) is 0 Å². The maximum Gasteiger partial charge on any atom is 0.349 e. The molecule has 0 bridgehead atoms. The van der Waals surface area contributed by atoms with Gasteiger partial charge >= 0.3 is 5.69 Å². The summed E-state index contributed by atoms with van der Waals surface area (Å²) in [5.74, 6) is -0.278. The Labute approximate surface area is 200 Å². The van der Waals surface area contributed by atoms with E-state index in [-0.39, 0.29) is 12.5 Å². The Morgan fingerprint density at radius 3 is 2.56 bits per heavy atom. The van der Waals surface area contributed by atoms with Crippen molar-refractivity contribution in [2.24, 2.45) is 0 Å². The van der Waals surface area contributed by atoms with Gasteiger partial charge < -0.3 is 15.0 Å². The van der Waals surface area contributed by atoms with Gasteiger partial charge in [0.25, 0.3) is 0 Å².